The summed E-state index contributed by atoms with van der Waals surface area (Å²) in [5.74, 6) is 5.23. The summed E-state index contributed by atoms with van der Waals surface area (Å²) in [4.78, 5) is 10.5. The van der Waals surface area contributed by atoms with Gasteiger partial charge in [0.2, 0.25) is 0 Å². The first-order chi connectivity index (χ1) is 8.20. The number of ether oxygens (including phenoxy) is 1. The second kappa shape index (κ2) is 6.66. The summed E-state index contributed by atoms with van der Waals surface area (Å²) >= 11 is 0. The number of rotatable bonds is 7. The third kappa shape index (κ3) is 3.58. The van der Waals surface area contributed by atoms with Crippen molar-refractivity contribution in [2.75, 3.05) is 30.5 Å². The Morgan fingerprint density at radius 3 is 2.76 bits per heavy atom. The van der Waals surface area contributed by atoms with E-state index in [1.54, 1.807) is 18.2 Å². The average Bonchev–Trinajstić information content (AvgIpc) is 2.33. The van der Waals surface area contributed by atoms with Crippen molar-refractivity contribution < 1.29 is 9.66 Å². The number of nitrogens with zero attached hydrogens (tertiary/aromatic N) is 1. The van der Waals surface area contributed by atoms with Crippen molar-refractivity contribution in [3.8, 4) is 0 Å². The van der Waals surface area contributed by atoms with Crippen LogP contribution < -0.4 is 16.6 Å². The van der Waals surface area contributed by atoms with E-state index in [4.69, 9.17) is 10.6 Å². The van der Waals surface area contributed by atoms with Crippen LogP contribution in [0.25, 0.3) is 0 Å². The van der Waals surface area contributed by atoms with Crippen LogP contribution in [0.1, 0.15) is 6.92 Å². The van der Waals surface area contributed by atoms with Crippen LogP contribution >= 0.6 is 0 Å². The molecule has 4 N–H and O–H groups in total. The second-order valence-corrected chi connectivity index (χ2v) is 3.23. The second-order valence-electron chi connectivity index (χ2n) is 3.23. The predicted octanol–water partition coefficient (Wildman–Crippen LogP) is 1.33. The molecule has 0 radical (unpaired) electrons. The van der Waals surface area contributed by atoms with Crippen molar-refractivity contribution in [1.82, 2.24) is 0 Å². The number of nitrogens with one attached hydrogen (secondary N) is 2. The molecule has 0 aliphatic rings. The fourth-order valence-corrected chi connectivity index (χ4v) is 1.40. The van der Waals surface area contributed by atoms with Crippen LogP contribution in [0.4, 0.5) is 17.1 Å². The fraction of sp³-hybridized carbons (Fsp3) is 0.400. The van der Waals surface area contributed by atoms with E-state index in [9.17, 15) is 10.1 Å². The molecule has 0 bridgehead atoms. The SMILES string of the molecule is CCOCCNc1cccc(NN)c1[N+](=O)[O-]. The zero-order valence-corrected chi connectivity index (χ0v) is 9.60. The zero-order valence-electron chi connectivity index (χ0n) is 9.60. The molecule has 94 valence electrons. The van der Waals surface area contributed by atoms with Crippen molar-refractivity contribution in [3.05, 3.63) is 28.3 Å². The number of nitrogen functional groups attached to an aromatic ring is 1. The molecule has 0 amide bonds. The summed E-state index contributed by atoms with van der Waals surface area (Å²) < 4.78 is 5.14. The van der Waals surface area contributed by atoms with Gasteiger partial charge in [-0.2, -0.15) is 0 Å². The zero-order chi connectivity index (χ0) is 12.7. The van der Waals surface area contributed by atoms with Gasteiger partial charge >= 0.3 is 5.69 Å². The molecular formula is C10H16N4O3. The lowest BCUT2D eigenvalue weighted by Crippen LogP contribution is -2.13. The lowest BCUT2D eigenvalue weighted by Gasteiger charge is -2.09. The number of anilines is 2. The number of hydrogen-bond donors (Lipinski definition) is 3. The summed E-state index contributed by atoms with van der Waals surface area (Å²) in [7, 11) is 0. The number of nitro benzene ring substituents is 1. The minimum atomic E-state index is -0.474. The van der Waals surface area contributed by atoms with E-state index in [1.807, 2.05) is 6.92 Å². The third-order valence-electron chi connectivity index (χ3n) is 2.14. The Kier molecular flexibility index (Phi) is 5.18. The standard InChI is InChI=1S/C10H16N4O3/c1-2-17-7-6-12-8-4-3-5-9(13-11)10(8)14(15)16/h3-5,12-13H,2,6-7,11H2,1H3. The molecule has 17 heavy (non-hydrogen) atoms. The smallest absolute Gasteiger partial charge is 0.316 e. The Bertz CT molecular complexity index is 384. The van der Waals surface area contributed by atoms with Gasteiger partial charge in [0.05, 0.1) is 11.5 Å². The van der Waals surface area contributed by atoms with Gasteiger partial charge in [0.15, 0.2) is 0 Å². The van der Waals surface area contributed by atoms with Crippen LogP contribution in [-0.2, 0) is 4.74 Å². The van der Waals surface area contributed by atoms with Gasteiger partial charge in [0.1, 0.15) is 11.4 Å². The molecule has 0 spiro atoms. The van der Waals surface area contributed by atoms with Crippen molar-refractivity contribution in [2.45, 2.75) is 6.92 Å². The van der Waals surface area contributed by atoms with Crippen molar-refractivity contribution >= 4 is 17.1 Å². The number of benzene rings is 1. The molecule has 0 aliphatic carbocycles. The summed E-state index contributed by atoms with van der Waals surface area (Å²) in [6.07, 6.45) is 0. The molecule has 7 nitrogen and oxygen atoms in total. The first kappa shape index (κ1) is 13.2. The van der Waals surface area contributed by atoms with Gasteiger partial charge in [-0.25, -0.2) is 0 Å². The molecule has 0 fully saturated rings. The Morgan fingerprint density at radius 1 is 1.47 bits per heavy atom. The van der Waals surface area contributed by atoms with Crippen LogP contribution in [-0.4, -0.2) is 24.7 Å². The molecule has 1 rings (SSSR count). The predicted molar refractivity (Wildman–Crippen MR) is 65.9 cm³/mol. The first-order valence-corrected chi connectivity index (χ1v) is 5.26. The summed E-state index contributed by atoms with van der Waals surface area (Å²) in [5, 5.41) is 13.9. The van der Waals surface area contributed by atoms with Crippen LogP contribution in [0.2, 0.25) is 0 Å². The van der Waals surface area contributed by atoms with Crippen LogP contribution in [0.3, 0.4) is 0 Å². The van der Waals surface area contributed by atoms with Gasteiger partial charge in [-0.15, -0.1) is 0 Å². The van der Waals surface area contributed by atoms with E-state index in [2.05, 4.69) is 10.7 Å². The quantitative estimate of drug-likeness (QED) is 0.287. The van der Waals surface area contributed by atoms with Crippen LogP contribution in [0.15, 0.2) is 18.2 Å². The molecule has 0 heterocycles. The van der Waals surface area contributed by atoms with E-state index in [0.29, 0.717) is 25.4 Å². The monoisotopic (exact) mass is 240 g/mol. The van der Waals surface area contributed by atoms with E-state index >= 15 is 0 Å². The molecule has 0 aliphatic heterocycles. The van der Waals surface area contributed by atoms with Gasteiger partial charge in [-0.3, -0.25) is 16.0 Å². The Hall–Kier alpha value is -1.86. The lowest BCUT2D eigenvalue weighted by molar-refractivity contribution is -0.383. The summed E-state index contributed by atoms with van der Waals surface area (Å²) in [6, 6.07) is 4.86. The average molecular weight is 240 g/mol. The van der Waals surface area contributed by atoms with Gasteiger partial charge in [-0.05, 0) is 19.1 Å². The number of nitrogens with two attached hydrogens (primary N) is 1. The largest absolute Gasteiger partial charge is 0.380 e. The fourth-order valence-electron chi connectivity index (χ4n) is 1.40. The summed E-state index contributed by atoms with van der Waals surface area (Å²) in [6.45, 7) is 3.51. The minimum Gasteiger partial charge on any atom is -0.380 e. The van der Waals surface area contributed by atoms with Gasteiger partial charge < -0.3 is 15.5 Å². The van der Waals surface area contributed by atoms with Gasteiger partial charge in [-0.1, -0.05) is 6.07 Å². The highest BCUT2D eigenvalue weighted by Gasteiger charge is 2.18. The van der Waals surface area contributed by atoms with E-state index in [-0.39, 0.29) is 11.4 Å². The van der Waals surface area contributed by atoms with Crippen molar-refractivity contribution in [2.24, 2.45) is 5.84 Å². The highest BCUT2D eigenvalue weighted by Crippen LogP contribution is 2.31. The molecule has 0 aromatic heterocycles. The molecule has 1 aromatic rings. The van der Waals surface area contributed by atoms with E-state index < -0.39 is 4.92 Å². The molecule has 7 heteroatoms. The molecular weight excluding hydrogens is 224 g/mol. The topological polar surface area (TPSA) is 102 Å². The van der Waals surface area contributed by atoms with Crippen molar-refractivity contribution in [1.29, 1.82) is 0 Å². The maximum Gasteiger partial charge on any atom is 0.316 e. The van der Waals surface area contributed by atoms with E-state index in [0.717, 1.165) is 0 Å². The van der Waals surface area contributed by atoms with Crippen LogP contribution in [0, 0.1) is 10.1 Å². The highest BCUT2D eigenvalue weighted by atomic mass is 16.6. The highest BCUT2D eigenvalue weighted by molar-refractivity contribution is 5.75. The van der Waals surface area contributed by atoms with Gasteiger partial charge in [0.25, 0.3) is 0 Å². The number of hydrazine groups is 1. The number of nitro groups is 1. The Labute approximate surface area is 99.1 Å². The van der Waals surface area contributed by atoms with E-state index in [1.165, 1.54) is 0 Å². The number of hydrogen-bond acceptors (Lipinski definition) is 6. The normalized spacial score (nSPS) is 10.0. The molecule has 0 saturated carbocycles. The number of para-hydroxylation sites is 1. The van der Waals surface area contributed by atoms with Gasteiger partial charge in [0, 0.05) is 13.2 Å². The lowest BCUT2D eigenvalue weighted by atomic mass is 10.2. The minimum absolute atomic E-state index is 0.0634. The Balaban J connectivity index is 2.79. The maximum absolute atomic E-state index is 10.9. The molecule has 0 unspecified atom stereocenters. The summed E-state index contributed by atoms with van der Waals surface area (Å²) in [5.41, 5.74) is 2.94. The molecule has 1 aromatic carbocycles. The first-order valence-electron chi connectivity index (χ1n) is 5.26. The Morgan fingerprint density at radius 2 is 2.18 bits per heavy atom. The van der Waals surface area contributed by atoms with Crippen molar-refractivity contribution in [3.63, 3.8) is 0 Å². The maximum atomic E-state index is 10.9. The van der Waals surface area contributed by atoms with Crippen LogP contribution in [0.5, 0.6) is 0 Å². The molecule has 0 atom stereocenters. The molecule has 0 saturated heterocycles. The third-order valence-corrected chi connectivity index (χ3v) is 2.14.